The van der Waals surface area contributed by atoms with Gasteiger partial charge < -0.3 is 15.2 Å². The summed E-state index contributed by atoms with van der Waals surface area (Å²) in [7, 11) is 0. The number of aromatic nitrogens is 1. The van der Waals surface area contributed by atoms with Crippen molar-refractivity contribution >= 4 is 29.5 Å². The van der Waals surface area contributed by atoms with Crippen molar-refractivity contribution in [1.82, 2.24) is 10.3 Å². The quantitative estimate of drug-likeness (QED) is 0.886. The Hall–Kier alpha value is -1.89. The fourth-order valence-electron chi connectivity index (χ4n) is 1.16. The number of hydrogen-bond acceptors (Lipinski definition) is 5. The summed E-state index contributed by atoms with van der Waals surface area (Å²) in [5, 5.41) is 11.4. The Balaban J connectivity index is 2.45. The van der Waals surface area contributed by atoms with Gasteiger partial charge in [0, 0.05) is 6.54 Å². The van der Waals surface area contributed by atoms with Gasteiger partial charge in [-0.2, -0.15) is 0 Å². The van der Waals surface area contributed by atoms with Gasteiger partial charge in [0.1, 0.15) is 5.60 Å². The summed E-state index contributed by atoms with van der Waals surface area (Å²) in [5.41, 5.74) is 0.936. The highest BCUT2D eigenvalue weighted by Gasteiger charge is 2.15. The fourth-order valence-corrected chi connectivity index (χ4v) is 1.85. The number of rotatable bonds is 4. The van der Waals surface area contributed by atoms with Crippen molar-refractivity contribution in [3.8, 4) is 0 Å². The van der Waals surface area contributed by atoms with Crippen molar-refractivity contribution in [2.45, 2.75) is 26.4 Å². The highest BCUT2D eigenvalue weighted by molar-refractivity contribution is 7.10. The van der Waals surface area contributed by atoms with Crippen LogP contribution < -0.4 is 5.32 Å². The number of alkyl carbamates (subject to hydrolysis) is 1. The molecule has 1 aromatic rings. The number of carbonyl (C=O) groups excluding carboxylic acids is 1. The second-order valence-electron chi connectivity index (χ2n) is 4.66. The molecule has 0 radical (unpaired) electrons. The van der Waals surface area contributed by atoms with Gasteiger partial charge >= 0.3 is 12.1 Å². The number of carboxylic acids is 1. The molecule has 0 unspecified atom stereocenters. The zero-order valence-corrected chi connectivity index (χ0v) is 11.8. The van der Waals surface area contributed by atoms with E-state index in [1.165, 1.54) is 16.8 Å². The van der Waals surface area contributed by atoms with E-state index in [1.54, 1.807) is 32.9 Å². The first-order valence-corrected chi connectivity index (χ1v) is 6.48. The molecule has 0 saturated heterocycles. The van der Waals surface area contributed by atoms with Gasteiger partial charge in [-0.3, -0.25) is 0 Å². The van der Waals surface area contributed by atoms with Crippen LogP contribution in [0.15, 0.2) is 11.6 Å². The van der Waals surface area contributed by atoms with Gasteiger partial charge in [0.05, 0.1) is 10.4 Å². The molecule has 2 N–H and O–H groups in total. The van der Waals surface area contributed by atoms with Gasteiger partial charge in [0.15, 0.2) is 5.69 Å². The number of carboxylic acid groups (broad SMARTS) is 1. The molecular weight excluding hydrogens is 268 g/mol. The molecule has 0 aromatic carbocycles. The maximum atomic E-state index is 11.3. The van der Waals surface area contributed by atoms with Crippen LogP contribution in [0.4, 0.5) is 4.79 Å². The van der Waals surface area contributed by atoms with Crippen LogP contribution in [-0.2, 0) is 4.74 Å². The zero-order valence-electron chi connectivity index (χ0n) is 11.0. The Morgan fingerprint density at radius 1 is 1.53 bits per heavy atom. The van der Waals surface area contributed by atoms with Crippen molar-refractivity contribution in [3.05, 3.63) is 22.2 Å². The summed E-state index contributed by atoms with van der Waals surface area (Å²) in [6, 6.07) is 0. The van der Waals surface area contributed by atoms with Crippen molar-refractivity contribution in [2.75, 3.05) is 6.54 Å². The molecule has 1 aromatic heterocycles. The van der Waals surface area contributed by atoms with E-state index in [-0.39, 0.29) is 12.2 Å². The van der Waals surface area contributed by atoms with Crippen LogP contribution in [-0.4, -0.2) is 34.3 Å². The topological polar surface area (TPSA) is 88.5 Å². The average Bonchev–Trinajstić information content (AvgIpc) is 2.70. The first kappa shape index (κ1) is 15.2. The molecule has 0 spiro atoms. The number of thiazole rings is 1. The first-order valence-electron chi connectivity index (χ1n) is 5.60. The number of nitrogens with zero attached hydrogens (tertiary/aromatic N) is 1. The highest BCUT2D eigenvalue weighted by Crippen LogP contribution is 2.14. The number of aromatic carboxylic acids is 1. The van der Waals surface area contributed by atoms with E-state index in [0.29, 0.717) is 4.88 Å². The van der Waals surface area contributed by atoms with E-state index in [2.05, 4.69) is 10.3 Å². The molecule has 0 aliphatic heterocycles. The van der Waals surface area contributed by atoms with Gasteiger partial charge in [-0.1, -0.05) is 6.08 Å². The van der Waals surface area contributed by atoms with Crippen LogP contribution in [0.1, 0.15) is 36.1 Å². The van der Waals surface area contributed by atoms with E-state index in [9.17, 15) is 9.59 Å². The van der Waals surface area contributed by atoms with Gasteiger partial charge in [0.2, 0.25) is 0 Å². The molecule has 1 rings (SSSR count). The van der Waals surface area contributed by atoms with Crippen LogP contribution >= 0.6 is 11.3 Å². The van der Waals surface area contributed by atoms with Gasteiger partial charge in [-0.15, -0.1) is 11.3 Å². The molecule has 1 amide bonds. The lowest BCUT2D eigenvalue weighted by atomic mass is 10.2. The third-order valence-corrected chi connectivity index (χ3v) is 2.62. The lowest BCUT2D eigenvalue weighted by Crippen LogP contribution is -2.32. The van der Waals surface area contributed by atoms with E-state index in [1.807, 2.05) is 0 Å². The van der Waals surface area contributed by atoms with E-state index in [0.717, 1.165) is 0 Å². The molecule has 1 heterocycles. The molecule has 0 atom stereocenters. The van der Waals surface area contributed by atoms with Crippen molar-refractivity contribution in [1.29, 1.82) is 0 Å². The summed E-state index contributed by atoms with van der Waals surface area (Å²) in [5.74, 6) is -1.07. The number of nitrogens with one attached hydrogen (secondary N) is 1. The monoisotopic (exact) mass is 284 g/mol. The minimum Gasteiger partial charge on any atom is -0.476 e. The van der Waals surface area contributed by atoms with Crippen LogP contribution in [0.5, 0.6) is 0 Å². The average molecular weight is 284 g/mol. The normalized spacial score (nSPS) is 11.5. The summed E-state index contributed by atoms with van der Waals surface area (Å²) >= 11 is 1.22. The predicted molar refractivity (Wildman–Crippen MR) is 72.3 cm³/mol. The predicted octanol–water partition coefficient (Wildman–Crippen LogP) is 2.38. The number of carbonyl (C=O) groups is 2. The standard InChI is InChI=1S/C12H16N2O4S/c1-12(2,3)18-11(17)13-6-4-5-8-9(10(15)16)14-7-19-8/h4-5,7H,6H2,1-3H3,(H,13,17)(H,15,16). The van der Waals surface area contributed by atoms with Crippen LogP contribution in [0.25, 0.3) is 6.08 Å². The van der Waals surface area contributed by atoms with Crippen molar-refractivity contribution in [2.24, 2.45) is 0 Å². The minimum atomic E-state index is -1.07. The first-order chi connectivity index (χ1) is 8.79. The molecule has 0 aliphatic rings. The second kappa shape index (κ2) is 6.33. The Labute approximate surface area is 115 Å². The fraction of sp³-hybridized carbons (Fsp3) is 0.417. The molecular formula is C12H16N2O4S. The van der Waals surface area contributed by atoms with Crippen LogP contribution in [0.2, 0.25) is 0 Å². The Morgan fingerprint density at radius 2 is 2.21 bits per heavy atom. The third kappa shape index (κ3) is 5.52. The summed E-state index contributed by atoms with van der Waals surface area (Å²) < 4.78 is 5.05. The van der Waals surface area contributed by atoms with E-state index >= 15 is 0 Å². The molecule has 0 bridgehead atoms. The Morgan fingerprint density at radius 3 is 2.79 bits per heavy atom. The number of ether oxygens (including phenoxy) is 1. The molecule has 7 heteroatoms. The lowest BCUT2D eigenvalue weighted by Gasteiger charge is -2.19. The van der Waals surface area contributed by atoms with Crippen molar-refractivity contribution in [3.63, 3.8) is 0 Å². The lowest BCUT2D eigenvalue weighted by molar-refractivity contribution is 0.0533. The molecule has 0 saturated carbocycles. The largest absolute Gasteiger partial charge is 0.476 e. The van der Waals surface area contributed by atoms with Gasteiger partial charge in [0.25, 0.3) is 0 Å². The van der Waals surface area contributed by atoms with Gasteiger partial charge in [-0.05, 0) is 26.8 Å². The summed E-state index contributed by atoms with van der Waals surface area (Å²) in [4.78, 5) is 26.4. The highest BCUT2D eigenvalue weighted by atomic mass is 32.1. The molecule has 19 heavy (non-hydrogen) atoms. The number of hydrogen-bond donors (Lipinski definition) is 2. The molecule has 0 fully saturated rings. The molecule has 104 valence electrons. The molecule has 0 aliphatic carbocycles. The zero-order chi connectivity index (χ0) is 14.5. The minimum absolute atomic E-state index is 0.0125. The second-order valence-corrected chi connectivity index (χ2v) is 5.54. The maximum absolute atomic E-state index is 11.3. The van der Waals surface area contributed by atoms with Gasteiger partial charge in [-0.25, -0.2) is 14.6 Å². The summed E-state index contributed by atoms with van der Waals surface area (Å²) in [6.45, 7) is 5.59. The van der Waals surface area contributed by atoms with E-state index in [4.69, 9.17) is 9.84 Å². The van der Waals surface area contributed by atoms with E-state index < -0.39 is 17.7 Å². The SMILES string of the molecule is CC(C)(C)OC(=O)NCC=Cc1scnc1C(=O)O. The Bertz CT molecular complexity index is 488. The Kier molecular flexibility index (Phi) is 5.05. The van der Waals surface area contributed by atoms with Crippen molar-refractivity contribution < 1.29 is 19.4 Å². The number of amides is 1. The third-order valence-electron chi connectivity index (χ3n) is 1.83. The summed E-state index contributed by atoms with van der Waals surface area (Å²) in [6.07, 6.45) is 2.74. The van der Waals surface area contributed by atoms with Crippen LogP contribution in [0, 0.1) is 0 Å². The maximum Gasteiger partial charge on any atom is 0.407 e. The van der Waals surface area contributed by atoms with Crippen LogP contribution in [0.3, 0.4) is 0 Å². The molecule has 6 nitrogen and oxygen atoms in total. The smallest absolute Gasteiger partial charge is 0.407 e.